The van der Waals surface area contributed by atoms with Gasteiger partial charge in [0.1, 0.15) is 5.02 Å². The van der Waals surface area contributed by atoms with Crippen LogP contribution in [0.2, 0.25) is 5.02 Å². The van der Waals surface area contributed by atoms with E-state index in [4.69, 9.17) is 21.1 Å². The number of benzene rings is 2. The summed E-state index contributed by atoms with van der Waals surface area (Å²) in [5, 5.41) is 13.1. The van der Waals surface area contributed by atoms with Gasteiger partial charge in [-0.15, -0.1) is 11.3 Å². The highest BCUT2D eigenvalue weighted by molar-refractivity contribution is 7.89. The second-order valence-electron chi connectivity index (χ2n) is 8.90. The van der Waals surface area contributed by atoms with Crippen LogP contribution in [0.3, 0.4) is 0 Å². The molecule has 3 rings (SSSR count). The second kappa shape index (κ2) is 14.4. The molecule has 3 aromatic rings. The summed E-state index contributed by atoms with van der Waals surface area (Å²) in [6.07, 6.45) is 1.71. The quantitative estimate of drug-likeness (QED) is 0.167. The summed E-state index contributed by atoms with van der Waals surface area (Å²) in [6.45, 7) is 2.24. The summed E-state index contributed by atoms with van der Waals surface area (Å²) >= 11 is 7.40. The maximum atomic E-state index is 13.6. The molecule has 10 nitrogen and oxygen atoms in total. The molecule has 0 saturated carbocycles. The Morgan fingerprint density at radius 2 is 1.82 bits per heavy atom. The van der Waals surface area contributed by atoms with Crippen molar-refractivity contribution in [3.8, 4) is 11.5 Å². The third-order valence-electron chi connectivity index (χ3n) is 6.22. The summed E-state index contributed by atoms with van der Waals surface area (Å²) in [6, 6.07) is 12.7. The highest BCUT2D eigenvalue weighted by Gasteiger charge is 2.30. The molecule has 40 heavy (non-hydrogen) atoms. The van der Waals surface area contributed by atoms with Crippen molar-refractivity contribution in [2.24, 2.45) is 0 Å². The predicted molar refractivity (Wildman–Crippen MR) is 155 cm³/mol. The third kappa shape index (κ3) is 7.94. The van der Waals surface area contributed by atoms with E-state index in [9.17, 15) is 23.3 Å². The van der Waals surface area contributed by atoms with Crippen molar-refractivity contribution >= 4 is 44.6 Å². The van der Waals surface area contributed by atoms with Crippen LogP contribution in [-0.4, -0.2) is 62.3 Å². The number of unbranched alkanes of at least 4 members (excludes halogenated alkanes) is 1. The first-order chi connectivity index (χ1) is 19.1. The monoisotopic (exact) mass is 609 g/mol. The van der Waals surface area contributed by atoms with E-state index in [1.807, 2.05) is 36.6 Å². The van der Waals surface area contributed by atoms with Crippen LogP contribution in [0.4, 0.5) is 5.69 Å². The van der Waals surface area contributed by atoms with Crippen molar-refractivity contribution in [2.45, 2.75) is 37.6 Å². The van der Waals surface area contributed by atoms with E-state index in [1.165, 1.54) is 23.5 Å². The van der Waals surface area contributed by atoms with E-state index in [-0.39, 0.29) is 22.4 Å². The number of nitro groups is 1. The Kier molecular flexibility index (Phi) is 11.3. The van der Waals surface area contributed by atoms with Crippen LogP contribution in [0.1, 0.15) is 30.2 Å². The molecular formula is C27H32ClN3O7S2. The van der Waals surface area contributed by atoms with Crippen molar-refractivity contribution in [3.63, 3.8) is 0 Å². The second-order valence-corrected chi connectivity index (χ2v) is 12.3. The fourth-order valence-electron chi connectivity index (χ4n) is 3.99. The molecule has 1 aromatic heterocycles. The van der Waals surface area contributed by atoms with E-state index < -0.39 is 27.2 Å². The molecule has 0 aliphatic heterocycles. The predicted octanol–water partition coefficient (Wildman–Crippen LogP) is 5.39. The summed E-state index contributed by atoms with van der Waals surface area (Å²) in [5.41, 5.74) is 0.407. The number of rotatable bonds is 15. The largest absolute Gasteiger partial charge is 0.493 e. The van der Waals surface area contributed by atoms with Gasteiger partial charge < -0.3 is 14.4 Å². The van der Waals surface area contributed by atoms with Gasteiger partial charge in [0.05, 0.1) is 37.1 Å². The molecule has 0 spiro atoms. The van der Waals surface area contributed by atoms with Crippen molar-refractivity contribution in [3.05, 3.63) is 79.5 Å². The van der Waals surface area contributed by atoms with Gasteiger partial charge in [-0.3, -0.25) is 14.9 Å². The lowest BCUT2D eigenvalue weighted by Gasteiger charge is -2.27. The first kappa shape index (κ1) is 31.3. The van der Waals surface area contributed by atoms with Gasteiger partial charge in [-0.1, -0.05) is 37.1 Å². The molecule has 0 N–H and O–H groups in total. The molecule has 1 heterocycles. The highest BCUT2D eigenvalue weighted by atomic mass is 35.5. The zero-order chi connectivity index (χ0) is 29.3. The lowest BCUT2D eigenvalue weighted by atomic mass is 10.1. The van der Waals surface area contributed by atoms with Gasteiger partial charge in [0, 0.05) is 24.0 Å². The minimum absolute atomic E-state index is 0.0868. The summed E-state index contributed by atoms with van der Waals surface area (Å²) in [5.74, 6) is 0.791. The number of thiophene rings is 1. The normalized spacial score (nSPS) is 11.4. The molecular weight excluding hydrogens is 578 g/mol. The Morgan fingerprint density at radius 1 is 1.07 bits per heavy atom. The third-order valence-corrected chi connectivity index (χ3v) is 9.24. The number of ether oxygens (including phenoxy) is 2. The van der Waals surface area contributed by atoms with Crippen LogP contribution in [-0.2, 0) is 27.8 Å². The van der Waals surface area contributed by atoms with Crippen molar-refractivity contribution < 1.29 is 27.6 Å². The van der Waals surface area contributed by atoms with Gasteiger partial charge in [0.15, 0.2) is 11.5 Å². The van der Waals surface area contributed by atoms with E-state index in [1.54, 1.807) is 25.2 Å². The molecule has 2 aromatic carbocycles. The Morgan fingerprint density at radius 3 is 2.45 bits per heavy atom. The molecule has 216 valence electrons. The van der Waals surface area contributed by atoms with Crippen LogP contribution >= 0.6 is 22.9 Å². The number of sulfonamides is 1. The minimum Gasteiger partial charge on any atom is -0.493 e. The molecule has 0 unspecified atom stereocenters. The smallest absolute Gasteiger partial charge is 0.289 e. The molecule has 0 bridgehead atoms. The average Bonchev–Trinajstić information content (AvgIpc) is 3.46. The van der Waals surface area contributed by atoms with Crippen LogP contribution in [0.15, 0.2) is 58.8 Å². The van der Waals surface area contributed by atoms with Gasteiger partial charge in [-0.05, 0) is 54.1 Å². The van der Waals surface area contributed by atoms with Crippen LogP contribution in [0.25, 0.3) is 0 Å². The number of methoxy groups -OCH3 is 2. The molecule has 0 aliphatic rings. The SMILES string of the molecule is CCCCN(CC(=O)N(CCc1ccc(OC)c(OC)c1)Cc1cccs1)S(=O)(=O)c1ccc(Cl)c([N+](=O)[O-])c1. The van der Waals surface area contributed by atoms with E-state index >= 15 is 0 Å². The first-order valence-electron chi connectivity index (χ1n) is 12.6. The lowest BCUT2D eigenvalue weighted by molar-refractivity contribution is -0.384. The number of hydrogen-bond donors (Lipinski definition) is 0. The molecule has 0 radical (unpaired) electrons. The molecule has 0 aliphatic carbocycles. The van der Waals surface area contributed by atoms with Crippen molar-refractivity contribution in [2.75, 3.05) is 33.9 Å². The minimum atomic E-state index is -4.23. The molecule has 1 amide bonds. The average molecular weight is 610 g/mol. The topological polar surface area (TPSA) is 119 Å². The Bertz CT molecular complexity index is 1420. The number of carbonyl (C=O) groups excluding carboxylic acids is 1. The Hall–Kier alpha value is -3.19. The number of nitrogens with zero attached hydrogens (tertiary/aromatic N) is 3. The van der Waals surface area contributed by atoms with Crippen LogP contribution < -0.4 is 9.47 Å². The highest BCUT2D eigenvalue weighted by Crippen LogP contribution is 2.30. The number of hydrogen-bond acceptors (Lipinski definition) is 8. The molecule has 13 heteroatoms. The van der Waals surface area contributed by atoms with E-state index in [2.05, 4.69) is 0 Å². The fraction of sp³-hybridized carbons (Fsp3) is 0.370. The lowest BCUT2D eigenvalue weighted by Crippen LogP contribution is -2.43. The number of amides is 1. The standard InChI is InChI=1S/C27H32ClN3O7S2/c1-4-5-13-30(40(35,36)22-9-10-23(28)24(17-22)31(33)34)19-27(32)29(18-21-7-6-15-39-21)14-12-20-8-11-25(37-2)26(16-20)38-3/h6-11,15-17H,4-5,12-14,18-19H2,1-3H3. The number of carbonyl (C=O) groups is 1. The summed E-state index contributed by atoms with van der Waals surface area (Å²) < 4.78 is 38.9. The zero-order valence-corrected chi connectivity index (χ0v) is 24.9. The maximum Gasteiger partial charge on any atom is 0.289 e. The van der Waals surface area contributed by atoms with E-state index in [0.29, 0.717) is 43.9 Å². The Labute approximate surface area is 243 Å². The summed E-state index contributed by atoms with van der Waals surface area (Å²) in [7, 11) is -1.12. The van der Waals surface area contributed by atoms with Crippen molar-refractivity contribution in [1.29, 1.82) is 0 Å². The Balaban J connectivity index is 1.87. The molecule has 0 atom stereocenters. The van der Waals surface area contributed by atoms with Gasteiger partial charge in [-0.25, -0.2) is 8.42 Å². The van der Waals surface area contributed by atoms with Gasteiger partial charge in [-0.2, -0.15) is 4.31 Å². The van der Waals surface area contributed by atoms with E-state index in [0.717, 1.165) is 20.8 Å². The molecule has 0 saturated heterocycles. The molecule has 0 fully saturated rings. The zero-order valence-electron chi connectivity index (χ0n) is 22.5. The van der Waals surface area contributed by atoms with Crippen molar-refractivity contribution in [1.82, 2.24) is 9.21 Å². The first-order valence-corrected chi connectivity index (χ1v) is 15.3. The maximum absolute atomic E-state index is 13.6. The van der Waals surface area contributed by atoms with Gasteiger partial charge in [0.25, 0.3) is 5.69 Å². The number of halogens is 1. The summed E-state index contributed by atoms with van der Waals surface area (Å²) in [4.78, 5) is 26.6. The van der Waals surface area contributed by atoms with Crippen LogP contribution in [0, 0.1) is 10.1 Å². The van der Waals surface area contributed by atoms with Gasteiger partial charge in [0.2, 0.25) is 15.9 Å². The van der Waals surface area contributed by atoms with Crippen LogP contribution in [0.5, 0.6) is 11.5 Å². The fourth-order valence-corrected chi connectivity index (χ4v) is 6.35. The number of nitro benzene ring substituents is 1. The van der Waals surface area contributed by atoms with Gasteiger partial charge >= 0.3 is 0 Å².